The van der Waals surface area contributed by atoms with Crippen LogP contribution in [-0.4, -0.2) is 16.6 Å². The zero-order valence-corrected chi connectivity index (χ0v) is 23.4. The summed E-state index contributed by atoms with van der Waals surface area (Å²) >= 11 is 0. The highest BCUT2D eigenvalue weighted by molar-refractivity contribution is 5.27. The van der Waals surface area contributed by atoms with E-state index in [9.17, 15) is 0 Å². The van der Waals surface area contributed by atoms with Crippen LogP contribution in [-0.2, 0) is 12.8 Å². The highest BCUT2D eigenvalue weighted by Crippen LogP contribution is 2.34. The molecule has 0 radical (unpaired) electrons. The van der Waals surface area contributed by atoms with Crippen LogP contribution >= 0.6 is 0 Å². The average Bonchev–Trinajstić information content (AvgIpc) is 2.93. The summed E-state index contributed by atoms with van der Waals surface area (Å²) in [6, 6.07) is 8.82. The predicted octanol–water partition coefficient (Wildman–Crippen LogP) is 9.64. The molecule has 1 aliphatic rings. The minimum absolute atomic E-state index is 0.519. The molecule has 0 atom stereocenters. The Labute approximate surface area is 221 Å². The van der Waals surface area contributed by atoms with Crippen molar-refractivity contribution < 1.29 is 4.74 Å². The number of ether oxygens (including phenoxy) is 1. The van der Waals surface area contributed by atoms with E-state index < -0.39 is 0 Å². The van der Waals surface area contributed by atoms with Gasteiger partial charge in [-0.25, -0.2) is 9.97 Å². The SMILES string of the molecule is CCCCCCCCCc1cnc(C2CCC(COc3ccc(CCCCCCC)cc3)CC2)nc1. The van der Waals surface area contributed by atoms with Crippen molar-refractivity contribution in [2.24, 2.45) is 5.92 Å². The van der Waals surface area contributed by atoms with Crippen molar-refractivity contribution in [3.63, 3.8) is 0 Å². The molecule has 3 nitrogen and oxygen atoms in total. The van der Waals surface area contributed by atoms with Crippen LogP contribution in [0.1, 0.15) is 139 Å². The van der Waals surface area contributed by atoms with E-state index in [1.807, 2.05) is 0 Å². The molecule has 0 saturated heterocycles. The molecule has 0 spiro atoms. The van der Waals surface area contributed by atoms with Crippen molar-refractivity contribution in [3.05, 3.63) is 53.6 Å². The van der Waals surface area contributed by atoms with E-state index in [4.69, 9.17) is 14.7 Å². The second kappa shape index (κ2) is 17.5. The van der Waals surface area contributed by atoms with Gasteiger partial charge in [0.05, 0.1) is 6.61 Å². The van der Waals surface area contributed by atoms with Crippen LogP contribution < -0.4 is 4.74 Å². The maximum atomic E-state index is 6.16. The Morgan fingerprint density at radius 3 is 1.75 bits per heavy atom. The van der Waals surface area contributed by atoms with Gasteiger partial charge in [0.25, 0.3) is 0 Å². The summed E-state index contributed by atoms with van der Waals surface area (Å²) in [5, 5.41) is 0. The minimum Gasteiger partial charge on any atom is -0.493 e. The predicted molar refractivity (Wildman–Crippen MR) is 153 cm³/mol. The third-order valence-electron chi connectivity index (χ3n) is 7.98. The van der Waals surface area contributed by atoms with E-state index in [0.29, 0.717) is 11.8 Å². The smallest absolute Gasteiger partial charge is 0.131 e. The van der Waals surface area contributed by atoms with Crippen LogP contribution in [0.3, 0.4) is 0 Å². The quantitative estimate of drug-likeness (QED) is 0.194. The normalized spacial score (nSPS) is 17.8. The summed E-state index contributed by atoms with van der Waals surface area (Å²) in [4.78, 5) is 9.52. The van der Waals surface area contributed by atoms with Crippen molar-refractivity contribution in [3.8, 4) is 5.75 Å². The van der Waals surface area contributed by atoms with Crippen LogP contribution in [0.15, 0.2) is 36.7 Å². The highest BCUT2D eigenvalue weighted by Gasteiger charge is 2.24. The maximum Gasteiger partial charge on any atom is 0.131 e. The zero-order chi connectivity index (χ0) is 25.3. The summed E-state index contributed by atoms with van der Waals surface area (Å²) in [6.45, 7) is 5.39. The lowest BCUT2D eigenvalue weighted by molar-refractivity contribution is 0.198. The molecular weight excluding hydrogens is 440 g/mol. The molecule has 36 heavy (non-hydrogen) atoms. The Morgan fingerprint density at radius 2 is 1.17 bits per heavy atom. The summed E-state index contributed by atoms with van der Waals surface area (Å²) in [7, 11) is 0. The highest BCUT2D eigenvalue weighted by atomic mass is 16.5. The van der Waals surface area contributed by atoms with E-state index in [2.05, 4.69) is 50.5 Å². The number of unbranched alkanes of at least 4 members (excludes halogenated alkanes) is 10. The molecule has 200 valence electrons. The molecule has 0 N–H and O–H groups in total. The van der Waals surface area contributed by atoms with Gasteiger partial charge < -0.3 is 4.74 Å². The fraction of sp³-hybridized carbons (Fsp3) is 0.697. The number of aromatic nitrogens is 2. The van der Waals surface area contributed by atoms with Gasteiger partial charge in [-0.05, 0) is 80.5 Å². The summed E-state index contributed by atoms with van der Waals surface area (Å²) in [6.07, 6.45) is 27.5. The van der Waals surface area contributed by atoms with E-state index >= 15 is 0 Å². The molecule has 1 aromatic carbocycles. The lowest BCUT2D eigenvalue weighted by Gasteiger charge is -2.27. The molecule has 1 saturated carbocycles. The summed E-state index contributed by atoms with van der Waals surface area (Å²) in [5.74, 6) is 3.25. The maximum absolute atomic E-state index is 6.16. The number of hydrogen-bond acceptors (Lipinski definition) is 3. The standard InChI is InChI=1S/C33H52N2O/c1-3-5-7-9-10-12-14-16-30-25-34-33(35-26-30)31-21-17-29(18-22-31)27-36-32-23-19-28(20-24-32)15-13-11-8-6-4-2/h19-20,23-26,29,31H,3-18,21-22,27H2,1-2H3. The fourth-order valence-corrected chi connectivity index (χ4v) is 5.48. The number of rotatable bonds is 18. The van der Waals surface area contributed by atoms with Crippen molar-refractivity contribution in [2.45, 2.75) is 135 Å². The molecular formula is C33H52N2O. The van der Waals surface area contributed by atoms with Gasteiger partial charge in [0, 0.05) is 18.3 Å². The van der Waals surface area contributed by atoms with E-state index in [-0.39, 0.29) is 0 Å². The molecule has 0 amide bonds. The first kappa shape index (κ1) is 28.7. The first-order valence-corrected chi connectivity index (χ1v) is 15.3. The van der Waals surface area contributed by atoms with Crippen molar-refractivity contribution in [2.75, 3.05) is 6.61 Å². The van der Waals surface area contributed by atoms with Gasteiger partial charge in [0.1, 0.15) is 11.6 Å². The zero-order valence-electron chi connectivity index (χ0n) is 23.4. The van der Waals surface area contributed by atoms with Gasteiger partial charge in [-0.2, -0.15) is 0 Å². The van der Waals surface area contributed by atoms with Crippen molar-refractivity contribution in [1.82, 2.24) is 9.97 Å². The third kappa shape index (κ3) is 11.0. The Bertz CT molecular complexity index is 793. The van der Waals surface area contributed by atoms with Gasteiger partial charge in [0.2, 0.25) is 0 Å². The monoisotopic (exact) mass is 492 g/mol. The molecule has 3 heteroatoms. The Balaban J connectivity index is 1.28. The molecule has 0 aliphatic heterocycles. The Morgan fingerprint density at radius 1 is 0.639 bits per heavy atom. The third-order valence-corrected chi connectivity index (χ3v) is 7.98. The lowest BCUT2D eigenvalue weighted by Crippen LogP contribution is -2.20. The average molecular weight is 493 g/mol. The molecule has 1 aromatic heterocycles. The van der Waals surface area contributed by atoms with E-state index in [0.717, 1.165) is 24.6 Å². The van der Waals surface area contributed by atoms with Crippen LogP contribution in [0.25, 0.3) is 0 Å². The Kier molecular flexibility index (Phi) is 14.0. The van der Waals surface area contributed by atoms with E-state index in [1.165, 1.54) is 120 Å². The number of aryl methyl sites for hydroxylation is 2. The number of hydrogen-bond donors (Lipinski definition) is 0. The molecule has 1 heterocycles. The number of nitrogens with zero attached hydrogens (tertiary/aromatic N) is 2. The Hall–Kier alpha value is -1.90. The fourth-order valence-electron chi connectivity index (χ4n) is 5.48. The first-order valence-electron chi connectivity index (χ1n) is 15.3. The van der Waals surface area contributed by atoms with Crippen molar-refractivity contribution >= 4 is 0 Å². The molecule has 1 aliphatic carbocycles. The second-order valence-corrected chi connectivity index (χ2v) is 11.2. The summed E-state index contributed by atoms with van der Waals surface area (Å²) in [5.41, 5.74) is 2.74. The van der Waals surface area contributed by atoms with Crippen LogP contribution in [0.2, 0.25) is 0 Å². The van der Waals surface area contributed by atoms with E-state index in [1.54, 1.807) is 0 Å². The number of benzene rings is 1. The first-order chi connectivity index (χ1) is 17.8. The van der Waals surface area contributed by atoms with Gasteiger partial charge in [-0.3, -0.25) is 0 Å². The molecule has 1 fully saturated rings. The van der Waals surface area contributed by atoms with Crippen LogP contribution in [0.5, 0.6) is 5.75 Å². The van der Waals surface area contributed by atoms with Gasteiger partial charge in [0.15, 0.2) is 0 Å². The minimum atomic E-state index is 0.519. The lowest BCUT2D eigenvalue weighted by atomic mass is 9.82. The molecule has 0 bridgehead atoms. The topological polar surface area (TPSA) is 35.0 Å². The van der Waals surface area contributed by atoms with Gasteiger partial charge in [-0.1, -0.05) is 90.2 Å². The van der Waals surface area contributed by atoms with Crippen LogP contribution in [0.4, 0.5) is 0 Å². The second-order valence-electron chi connectivity index (χ2n) is 11.2. The van der Waals surface area contributed by atoms with Crippen molar-refractivity contribution in [1.29, 1.82) is 0 Å². The molecule has 2 aromatic rings. The largest absolute Gasteiger partial charge is 0.493 e. The molecule has 0 unspecified atom stereocenters. The molecule has 3 rings (SSSR count). The van der Waals surface area contributed by atoms with Crippen LogP contribution in [0, 0.1) is 5.92 Å². The van der Waals surface area contributed by atoms with Gasteiger partial charge in [-0.15, -0.1) is 0 Å². The van der Waals surface area contributed by atoms with Gasteiger partial charge >= 0.3 is 0 Å². The summed E-state index contributed by atoms with van der Waals surface area (Å²) < 4.78 is 6.16.